The fourth-order valence-corrected chi connectivity index (χ4v) is 2.19. The summed E-state index contributed by atoms with van der Waals surface area (Å²) in [5.41, 5.74) is 3.09. The largest absolute Gasteiger partial charge is 0.355 e. The van der Waals surface area contributed by atoms with Gasteiger partial charge in [-0.25, -0.2) is 0 Å². The molecule has 104 valence electrons. The average molecular weight is 288 g/mol. The molecule has 0 radical (unpaired) electrons. The molecule has 2 aromatic carbocycles. The molecule has 0 aliphatic carbocycles. The van der Waals surface area contributed by atoms with Crippen LogP contribution in [-0.4, -0.2) is 12.5 Å². The van der Waals surface area contributed by atoms with Gasteiger partial charge in [-0.2, -0.15) is 0 Å². The summed E-state index contributed by atoms with van der Waals surface area (Å²) in [5.74, 6) is -0.138. The first-order chi connectivity index (χ1) is 9.72. The summed E-state index contributed by atoms with van der Waals surface area (Å²) < 4.78 is 0. The maximum absolute atomic E-state index is 11.8. The summed E-state index contributed by atoms with van der Waals surface area (Å²) in [6.07, 6.45) is 0.905. The first-order valence-corrected chi connectivity index (χ1v) is 7.23. The molecule has 0 aliphatic heterocycles. The monoisotopic (exact) mass is 287 g/mol. The molecule has 3 heteroatoms. The molecule has 2 nitrogen and oxygen atoms in total. The second-order valence-electron chi connectivity index (χ2n) is 4.64. The second kappa shape index (κ2) is 7.11. The lowest BCUT2D eigenvalue weighted by atomic mass is 10.0. The Hall–Kier alpha value is -1.80. The van der Waals surface area contributed by atoms with E-state index in [2.05, 4.69) is 17.4 Å². The first kappa shape index (κ1) is 14.6. The van der Waals surface area contributed by atoms with E-state index in [1.165, 1.54) is 0 Å². The number of hydrogen-bond acceptors (Lipinski definition) is 1. The minimum Gasteiger partial charge on any atom is -0.355 e. The standard InChI is InChI=1S/C17H18ClNO/c1-2-12-19-17(20)16(18)15-10-8-14(9-11-15)13-6-4-3-5-7-13/h3-11,16H,2,12H2,1H3,(H,19,20). The maximum atomic E-state index is 11.8. The van der Waals surface area contributed by atoms with Crippen molar-refractivity contribution in [3.8, 4) is 11.1 Å². The molecule has 0 aromatic heterocycles. The first-order valence-electron chi connectivity index (χ1n) is 6.79. The van der Waals surface area contributed by atoms with Gasteiger partial charge in [-0.1, -0.05) is 61.5 Å². The number of rotatable bonds is 5. The highest BCUT2D eigenvalue weighted by molar-refractivity contribution is 6.30. The van der Waals surface area contributed by atoms with E-state index in [4.69, 9.17) is 11.6 Å². The predicted molar refractivity (Wildman–Crippen MR) is 83.8 cm³/mol. The number of amides is 1. The van der Waals surface area contributed by atoms with Gasteiger partial charge in [0.1, 0.15) is 5.38 Å². The fourth-order valence-electron chi connectivity index (χ4n) is 1.96. The van der Waals surface area contributed by atoms with Crippen LogP contribution >= 0.6 is 11.6 Å². The topological polar surface area (TPSA) is 29.1 Å². The van der Waals surface area contributed by atoms with Crippen LogP contribution in [0.25, 0.3) is 11.1 Å². The molecule has 1 unspecified atom stereocenters. The van der Waals surface area contributed by atoms with Crippen molar-refractivity contribution >= 4 is 17.5 Å². The quantitative estimate of drug-likeness (QED) is 0.822. The van der Waals surface area contributed by atoms with Crippen LogP contribution < -0.4 is 5.32 Å². The molecule has 1 atom stereocenters. The Morgan fingerprint density at radius 3 is 2.25 bits per heavy atom. The van der Waals surface area contributed by atoms with Crippen molar-refractivity contribution in [3.63, 3.8) is 0 Å². The summed E-state index contributed by atoms with van der Waals surface area (Å²) in [6, 6.07) is 17.9. The van der Waals surface area contributed by atoms with Crippen LogP contribution in [0.15, 0.2) is 54.6 Å². The Bertz CT molecular complexity index is 551. The van der Waals surface area contributed by atoms with Crippen molar-refractivity contribution < 1.29 is 4.79 Å². The number of hydrogen-bond donors (Lipinski definition) is 1. The van der Waals surface area contributed by atoms with Crippen molar-refractivity contribution in [1.82, 2.24) is 5.32 Å². The lowest BCUT2D eigenvalue weighted by Crippen LogP contribution is -2.27. The molecule has 0 fully saturated rings. The van der Waals surface area contributed by atoms with E-state index in [9.17, 15) is 4.79 Å². The molecular weight excluding hydrogens is 270 g/mol. The van der Waals surface area contributed by atoms with Crippen molar-refractivity contribution in [3.05, 3.63) is 60.2 Å². The Labute approximate surface area is 124 Å². The van der Waals surface area contributed by atoms with Gasteiger partial charge in [-0.3, -0.25) is 4.79 Å². The van der Waals surface area contributed by atoms with Crippen LogP contribution in [0.1, 0.15) is 24.3 Å². The number of carbonyl (C=O) groups is 1. The zero-order valence-corrected chi connectivity index (χ0v) is 12.2. The highest BCUT2D eigenvalue weighted by Gasteiger charge is 2.16. The highest BCUT2D eigenvalue weighted by atomic mass is 35.5. The SMILES string of the molecule is CCCNC(=O)C(Cl)c1ccc(-c2ccccc2)cc1. The van der Waals surface area contributed by atoms with Crippen LogP contribution in [0.3, 0.4) is 0 Å². The molecule has 1 N–H and O–H groups in total. The minimum absolute atomic E-state index is 0.138. The molecule has 0 bridgehead atoms. The Balaban J connectivity index is 2.10. The normalized spacial score (nSPS) is 11.9. The number of nitrogens with one attached hydrogen (secondary N) is 1. The third kappa shape index (κ3) is 3.61. The van der Waals surface area contributed by atoms with Gasteiger partial charge in [-0.15, -0.1) is 11.6 Å². The number of benzene rings is 2. The molecule has 0 aliphatic rings. The van der Waals surface area contributed by atoms with Gasteiger partial charge in [0.25, 0.3) is 0 Å². The van der Waals surface area contributed by atoms with Crippen LogP contribution in [0.5, 0.6) is 0 Å². The van der Waals surface area contributed by atoms with Crippen molar-refractivity contribution in [2.45, 2.75) is 18.7 Å². The molecule has 0 spiro atoms. The van der Waals surface area contributed by atoms with Crippen LogP contribution in [-0.2, 0) is 4.79 Å². The molecule has 1 amide bonds. The van der Waals surface area contributed by atoms with Gasteiger partial charge in [0.2, 0.25) is 5.91 Å². The predicted octanol–water partition coefficient (Wildman–Crippen LogP) is 4.16. The van der Waals surface area contributed by atoms with E-state index in [1.54, 1.807) is 0 Å². The lowest BCUT2D eigenvalue weighted by Gasteiger charge is -2.11. The molecule has 2 aromatic rings. The van der Waals surface area contributed by atoms with E-state index in [0.29, 0.717) is 6.54 Å². The Morgan fingerprint density at radius 1 is 1.05 bits per heavy atom. The Morgan fingerprint density at radius 2 is 1.65 bits per heavy atom. The third-order valence-electron chi connectivity index (χ3n) is 3.09. The van der Waals surface area contributed by atoms with E-state index >= 15 is 0 Å². The van der Waals surface area contributed by atoms with Gasteiger partial charge < -0.3 is 5.32 Å². The third-order valence-corrected chi connectivity index (χ3v) is 3.54. The van der Waals surface area contributed by atoms with Crippen LogP contribution in [0.4, 0.5) is 0 Å². The van der Waals surface area contributed by atoms with Gasteiger partial charge >= 0.3 is 0 Å². The van der Waals surface area contributed by atoms with E-state index in [-0.39, 0.29) is 5.91 Å². The Kier molecular flexibility index (Phi) is 5.19. The number of carbonyl (C=O) groups excluding carboxylic acids is 1. The van der Waals surface area contributed by atoms with E-state index in [1.807, 2.05) is 49.4 Å². The summed E-state index contributed by atoms with van der Waals surface area (Å²) in [4.78, 5) is 11.8. The zero-order valence-electron chi connectivity index (χ0n) is 11.5. The second-order valence-corrected chi connectivity index (χ2v) is 5.08. The van der Waals surface area contributed by atoms with Crippen molar-refractivity contribution in [2.24, 2.45) is 0 Å². The van der Waals surface area contributed by atoms with Crippen LogP contribution in [0.2, 0.25) is 0 Å². The maximum Gasteiger partial charge on any atom is 0.242 e. The number of alkyl halides is 1. The van der Waals surface area contributed by atoms with Gasteiger partial charge in [0, 0.05) is 6.54 Å². The van der Waals surface area contributed by atoms with E-state index < -0.39 is 5.38 Å². The molecule has 0 heterocycles. The summed E-state index contributed by atoms with van der Waals surface area (Å²) in [5, 5.41) is 2.17. The molecular formula is C17H18ClNO. The lowest BCUT2D eigenvalue weighted by molar-refractivity contribution is -0.120. The number of halogens is 1. The van der Waals surface area contributed by atoms with Gasteiger partial charge in [0.05, 0.1) is 0 Å². The average Bonchev–Trinajstić information content (AvgIpc) is 2.53. The van der Waals surface area contributed by atoms with E-state index in [0.717, 1.165) is 23.1 Å². The zero-order chi connectivity index (χ0) is 14.4. The fraction of sp³-hybridized carbons (Fsp3) is 0.235. The van der Waals surface area contributed by atoms with Crippen molar-refractivity contribution in [1.29, 1.82) is 0 Å². The molecule has 0 saturated heterocycles. The molecule has 2 rings (SSSR count). The highest BCUT2D eigenvalue weighted by Crippen LogP contribution is 2.25. The van der Waals surface area contributed by atoms with Gasteiger partial charge in [-0.05, 0) is 23.1 Å². The van der Waals surface area contributed by atoms with Crippen LogP contribution in [0, 0.1) is 0 Å². The van der Waals surface area contributed by atoms with Crippen molar-refractivity contribution in [2.75, 3.05) is 6.54 Å². The minimum atomic E-state index is -0.633. The summed E-state index contributed by atoms with van der Waals surface area (Å²) in [7, 11) is 0. The summed E-state index contributed by atoms with van der Waals surface area (Å²) >= 11 is 6.18. The smallest absolute Gasteiger partial charge is 0.242 e. The molecule has 20 heavy (non-hydrogen) atoms. The molecule has 0 saturated carbocycles. The summed E-state index contributed by atoms with van der Waals surface area (Å²) in [6.45, 7) is 2.67. The van der Waals surface area contributed by atoms with Gasteiger partial charge in [0.15, 0.2) is 0 Å².